The van der Waals surface area contributed by atoms with Crippen LogP contribution in [0.2, 0.25) is 0 Å². The molecule has 1 aromatic rings. The molecule has 1 rings (SSSR count). The van der Waals surface area contributed by atoms with Crippen LogP contribution >= 0.6 is 0 Å². The monoisotopic (exact) mass is 290 g/mol. The summed E-state index contributed by atoms with van der Waals surface area (Å²) in [4.78, 5) is 21.8. The molecule has 0 saturated heterocycles. The van der Waals surface area contributed by atoms with Gasteiger partial charge in [-0.1, -0.05) is 0 Å². The molecule has 0 atom stereocenters. The highest BCUT2D eigenvalue weighted by Gasteiger charge is 2.20. The van der Waals surface area contributed by atoms with Gasteiger partial charge in [0.1, 0.15) is 10.7 Å². The number of nitrogens with one attached hydrogen (secondary N) is 1. The van der Waals surface area contributed by atoms with Gasteiger partial charge >= 0.3 is 11.9 Å². The molecule has 9 heteroatoms. The molecule has 0 aromatic heterocycles. The van der Waals surface area contributed by atoms with Gasteiger partial charge in [0.25, 0.3) is 0 Å². The minimum Gasteiger partial charge on any atom is -0.459 e. The molecule has 19 heavy (non-hydrogen) atoms. The van der Waals surface area contributed by atoms with E-state index < -0.39 is 32.6 Å². The topological polar surface area (TPSA) is 116 Å². The third kappa shape index (κ3) is 4.00. The van der Waals surface area contributed by atoms with Crippen molar-refractivity contribution >= 4 is 27.6 Å². The Bertz CT molecular complexity index is 614. The Kier molecular flexibility index (Phi) is 4.57. The number of carbonyl (C=O) groups excluding carboxylic acids is 2. The van der Waals surface area contributed by atoms with Crippen LogP contribution in [0.1, 0.15) is 6.92 Å². The molecule has 0 fully saturated rings. The molecule has 7 nitrogen and oxygen atoms in total. The van der Waals surface area contributed by atoms with Crippen LogP contribution in [-0.4, -0.2) is 26.9 Å². The van der Waals surface area contributed by atoms with Crippen LogP contribution in [0.3, 0.4) is 0 Å². The number of primary sulfonamides is 1. The highest BCUT2D eigenvalue weighted by molar-refractivity contribution is 7.89. The van der Waals surface area contributed by atoms with Gasteiger partial charge < -0.3 is 10.1 Å². The van der Waals surface area contributed by atoms with E-state index in [0.29, 0.717) is 6.07 Å². The number of rotatable bonds is 3. The summed E-state index contributed by atoms with van der Waals surface area (Å²) in [6, 6.07) is 2.53. The van der Waals surface area contributed by atoms with Gasteiger partial charge in [-0.25, -0.2) is 22.7 Å². The van der Waals surface area contributed by atoms with E-state index in [1.165, 1.54) is 6.92 Å². The summed E-state index contributed by atoms with van der Waals surface area (Å²) in [5.74, 6) is -3.22. The number of hydrogen-bond acceptors (Lipinski definition) is 5. The minimum absolute atomic E-state index is 0.0162. The molecule has 0 aliphatic carbocycles. The summed E-state index contributed by atoms with van der Waals surface area (Å²) in [6.45, 7) is 1.48. The van der Waals surface area contributed by atoms with Gasteiger partial charge in [-0.05, 0) is 25.1 Å². The van der Waals surface area contributed by atoms with Crippen molar-refractivity contribution in [2.45, 2.75) is 11.8 Å². The first kappa shape index (κ1) is 15.1. The Morgan fingerprint density at radius 3 is 2.58 bits per heavy atom. The SMILES string of the molecule is CCOC(=O)C(=O)Nc1ccc(F)cc1S(N)(=O)=O. The van der Waals surface area contributed by atoms with Crippen LogP contribution in [0, 0.1) is 5.82 Å². The average Bonchev–Trinajstić information content (AvgIpc) is 2.30. The number of hydrogen-bond donors (Lipinski definition) is 2. The lowest BCUT2D eigenvalue weighted by atomic mass is 10.3. The third-order valence-electron chi connectivity index (χ3n) is 1.96. The first-order chi connectivity index (χ1) is 8.75. The van der Waals surface area contributed by atoms with Gasteiger partial charge in [-0.3, -0.25) is 4.79 Å². The Balaban J connectivity index is 3.09. The van der Waals surface area contributed by atoms with Crippen molar-refractivity contribution in [2.75, 3.05) is 11.9 Å². The molecular weight excluding hydrogens is 279 g/mol. The van der Waals surface area contributed by atoms with E-state index in [2.05, 4.69) is 4.74 Å². The third-order valence-corrected chi connectivity index (χ3v) is 2.91. The van der Waals surface area contributed by atoms with E-state index in [0.717, 1.165) is 12.1 Å². The number of sulfonamides is 1. The highest BCUT2D eigenvalue weighted by atomic mass is 32.2. The smallest absolute Gasteiger partial charge is 0.397 e. The second kappa shape index (κ2) is 5.76. The fourth-order valence-corrected chi connectivity index (χ4v) is 1.91. The molecule has 0 aliphatic rings. The number of amides is 1. The zero-order valence-corrected chi connectivity index (χ0v) is 10.7. The molecule has 3 N–H and O–H groups in total. The van der Waals surface area contributed by atoms with Crippen LogP contribution in [0.5, 0.6) is 0 Å². The van der Waals surface area contributed by atoms with Crippen molar-refractivity contribution in [1.82, 2.24) is 0 Å². The quantitative estimate of drug-likeness (QED) is 0.599. The molecule has 0 unspecified atom stereocenters. The number of benzene rings is 1. The van der Waals surface area contributed by atoms with Crippen molar-refractivity contribution in [3.8, 4) is 0 Å². The largest absolute Gasteiger partial charge is 0.459 e. The fraction of sp³-hybridized carbons (Fsp3) is 0.200. The Morgan fingerprint density at radius 1 is 1.42 bits per heavy atom. The first-order valence-corrected chi connectivity index (χ1v) is 6.60. The highest BCUT2D eigenvalue weighted by Crippen LogP contribution is 2.21. The van der Waals surface area contributed by atoms with Crippen LogP contribution < -0.4 is 10.5 Å². The fourth-order valence-electron chi connectivity index (χ4n) is 1.20. The summed E-state index contributed by atoms with van der Waals surface area (Å²) in [5, 5.41) is 6.86. The van der Waals surface area contributed by atoms with Gasteiger partial charge in [-0.2, -0.15) is 0 Å². The molecule has 0 radical (unpaired) electrons. The molecule has 0 bridgehead atoms. The maximum Gasteiger partial charge on any atom is 0.397 e. The average molecular weight is 290 g/mol. The van der Waals surface area contributed by atoms with Crippen molar-refractivity contribution in [3.63, 3.8) is 0 Å². The van der Waals surface area contributed by atoms with Crippen LogP contribution in [-0.2, 0) is 24.3 Å². The lowest BCUT2D eigenvalue weighted by Gasteiger charge is -2.09. The number of carbonyl (C=O) groups is 2. The Labute approximate surface area is 108 Å². The number of halogens is 1. The van der Waals surface area contributed by atoms with E-state index in [-0.39, 0.29) is 12.3 Å². The van der Waals surface area contributed by atoms with E-state index in [4.69, 9.17) is 5.14 Å². The minimum atomic E-state index is -4.25. The normalized spacial score (nSPS) is 10.9. The van der Waals surface area contributed by atoms with Gasteiger partial charge in [0.15, 0.2) is 0 Å². The maximum absolute atomic E-state index is 13.0. The summed E-state index contributed by atoms with van der Waals surface area (Å²) < 4.78 is 39.8. The molecule has 0 heterocycles. The second-order valence-electron chi connectivity index (χ2n) is 3.36. The zero-order valence-electron chi connectivity index (χ0n) is 9.84. The Morgan fingerprint density at radius 2 is 2.05 bits per heavy atom. The summed E-state index contributed by atoms with van der Waals surface area (Å²) in [5.41, 5.74) is -0.304. The van der Waals surface area contributed by atoms with Gasteiger partial charge in [-0.15, -0.1) is 0 Å². The molecule has 104 valence electrons. The molecule has 1 amide bonds. The predicted molar refractivity (Wildman–Crippen MR) is 63.0 cm³/mol. The van der Waals surface area contributed by atoms with Crippen molar-refractivity contribution in [1.29, 1.82) is 0 Å². The first-order valence-electron chi connectivity index (χ1n) is 5.06. The van der Waals surface area contributed by atoms with Crippen LogP contribution in [0.15, 0.2) is 23.1 Å². The maximum atomic E-state index is 13.0. The van der Waals surface area contributed by atoms with Gasteiger partial charge in [0.2, 0.25) is 10.0 Å². The van der Waals surface area contributed by atoms with E-state index in [1.807, 2.05) is 5.32 Å². The predicted octanol–water partition coefficient (Wildman–Crippen LogP) is -0.0253. The van der Waals surface area contributed by atoms with Crippen LogP contribution in [0.4, 0.5) is 10.1 Å². The van der Waals surface area contributed by atoms with Crippen molar-refractivity contribution in [3.05, 3.63) is 24.0 Å². The lowest BCUT2D eigenvalue weighted by molar-refractivity contribution is -0.152. The summed E-state index contributed by atoms with van der Waals surface area (Å²) in [6.07, 6.45) is 0. The molecule has 0 saturated carbocycles. The molecule has 0 aliphatic heterocycles. The number of esters is 1. The lowest BCUT2D eigenvalue weighted by Crippen LogP contribution is -2.26. The second-order valence-corrected chi connectivity index (χ2v) is 4.89. The van der Waals surface area contributed by atoms with Crippen molar-refractivity contribution in [2.24, 2.45) is 5.14 Å². The summed E-state index contributed by atoms with van der Waals surface area (Å²) in [7, 11) is -4.25. The molecule has 1 aromatic carbocycles. The Hall–Kier alpha value is -2.00. The van der Waals surface area contributed by atoms with E-state index in [9.17, 15) is 22.4 Å². The molecule has 0 spiro atoms. The van der Waals surface area contributed by atoms with Gasteiger partial charge in [0.05, 0.1) is 12.3 Å². The molecular formula is C10H11FN2O5S. The van der Waals surface area contributed by atoms with E-state index in [1.54, 1.807) is 0 Å². The van der Waals surface area contributed by atoms with E-state index >= 15 is 0 Å². The number of anilines is 1. The number of nitrogens with two attached hydrogens (primary N) is 1. The summed E-state index contributed by atoms with van der Waals surface area (Å²) >= 11 is 0. The van der Waals surface area contributed by atoms with Crippen LogP contribution in [0.25, 0.3) is 0 Å². The van der Waals surface area contributed by atoms with Gasteiger partial charge in [0, 0.05) is 0 Å². The number of ether oxygens (including phenoxy) is 1. The van der Waals surface area contributed by atoms with Crippen molar-refractivity contribution < 1.29 is 27.1 Å². The standard InChI is InChI=1S/C10H11FN2O5S/c1-2-18-10(15)9(14)13-7-4-3-6(11)5-8(7)19(12,16)17/h3-5H,2H2,1H3,(H,13,14)(H2,12,16,17). The zero-order chi connectivity index (χ0) is 14.6.